The molecule has 17 heavy (non-hydrogen) atoms. The molecular formula is C13H10BrNO2. The molecule has 1 aromatic carbocycles. The average molecular weight is 292 g/mol. The Kier molecular flexibility index (Phi) is 3.54. The Morgan fingerprint density at radius 1 is 1.24 bits per heavy atom. The molecule has 1 heterocycles. The van der Waals surface area contributed by atoms with Crippen LogP contribution in [0.2, 0.25) is 0 Å². The Labute approximate surface area is 108 Å². The Balaban J connectivity index is 2.24. The van der Waals surface area contributed by atoms with E-state index in [2.05, 4.69) is 20.9 Å². The lowest BCUT2D eigenvalue weighted by Gasteiger charge is -2.06. The molecule has 2 rings (SSSR count). The highest BCUT2D eigenvalue weighted by Gasteiger charge is 2.02. The summed E-state index contributed by atoms with van der Waals surface area (Å²) in [4.78, 5) is 15.2. The standard InChI is InChI=1S/C13H10BrNO2/c1-9(16)10-3-2-4-12(5-10)17-13-6-11(14)7-15-8-13/h2-8H,1H3. The van der Waals surface area contributed by atoms with Crippen molar-refractivity contribution < 1.29 is 9.53 Å². The third-order valence-electron chi connectivity index (χ3n) is 2.16. The van der Waals surface area contributed by atoms with Gasteiger partial charge in [-0.3, -0.25) is 9.78 Å². The van der Waals surface area contributed by atoms with E-state index >= 15 is 0 Å². The summed E-state index contributed by atoms with van der Waals surface area (Å²) < 4.78 is 6.45. The molecule has 2 aromatic rings. The topological polar surface area (TPSA) is 39.2 Å². The summed E-state index contributed by atoms with van der Waals surface area (Å²) in [5.41, 5.74) is 0.630. The first-order chi connectivity index (χ1) is 8.15. The minimum atomic E-state index is 0.0165. The molecule has 0 atom stereocenters. The Hall–Kier alpha value is -1.68. The average Bonchev–Trinajstić information content (AvgIpc) is 2.29. The number of halogens is 1. The molecule has 0 fully saturated rings. The Morgan fingerprint density at radius 3 is 2.76 bits per heavy atom. The second-order valence-corrected chi connectivity index (χ2v) is 4.44. The number of benzene rings is 1. The molecule has 4 heteroatoms. The quantitative estimate of drug-likeness (QED) is 0.807. The summed E-state index contributed by atoms with van der Waals surface area (Å²) in [5.74, 6) is 1.26. The molecule has 0 aliphatic rings. The van der Waals surface area contributed by atoms with Gasteiger partial charge in [0.1, 0.15) is 11.5 Å². The number of carbonyl (C=O) groups excluding carboxylic acids is 1. The maximum atomic E-state index is 11.2. The fraction of sp³-hybridized carbons (Fsp3) is 0.0769. The highest BCUT2D eigenvalue weighted by Crippen LogP contribution is 2.23. The summed E-state index contributed by atoms with van der Waals surface area (Å²) in [6.07, 6.45) is 3.30. The zero-order valence-electron chi connectivity index (χ0n) is 9.18. The molecular weight excluding hydrogens is 282 g/mol. The van der Waals surface area contributed by atoms with Gasteiger partial charge in [0, 0.05) is 16.2 Å². The maximum absolute atomic E-state index is 11.2. The molecule has 0 N–H and O–H groups in total. The van der Waals surface area contributed by atoms with E-state index in [1.54, 1.807) is 36.7 Å². The normalized spacial score (nSPS) is 10.0. The fourth-order valence-corrected chi connectivity index (χ4v) is 1.71. The van der Waals surface area contributed by atoms with Gasteiger partial charge in [0.05, 0.1) is 6.20 Å². The molecule has 0 amide bonds. The van der Waals surface area contributed by atoms with Gasteiger partial charge >= 0.3 is 0 Å². The first-order valence-electron chi connectivity index (χ1n) is 5.04. The van der Waals surface area contributed by atoms with Crippen molar-refractivity contribution in [3.8, 4) is 11.5 Å². The number of ether oxygens (including phenoxy) is 1. The number of nitrogens with zero attached hydrogens (tertiary/aromatic N) is 1. The van der Waals surface area contributed by atoms with Crippen molar-refractivity contribution in [3.05, 3.63) is 52.8 Å². The van der Waals surface area contributed by atoms with Crippen LogP contribution in [-0.2, 0) is 0 Å². The lowest BCUT2D eigenvalue weighted by molar-refractivity contribution is 0.101. The van der Waals surface area contributed by atoms with E-state index in [9.17, 15) is 4.79 Å². The number of hydrogen-bond donors (Lipinski definition) is 0. The number of Topliss-reactive ketones (excluding diaryl/α,β-unsaturated/α-hetero) is 1. The first kappa shape index (κ1) is 11.8. The maximum Gasteiger partial charge on any atom is 0.159 e. The summed E-state index contributed by atoms with van der Waals surface area (Å²) >= 11 is 3.32. The molecule has 0 spiro atoms. The van der Waals surface area contributed by atoms with Gasteiger partial charge in [0.25, 0.3) is 0 Å². The van der Waals surface area contributed by atoms with Crippen molar-refractivity contribution in [2.45, 2.75) is 6.92 Å². The van der Waals surface area contributed by atoms with E-state index < -0.39 is 0 Å². The van der Waals surface area contributed by atoms with E-state index in [0.29, 0.717) is 17.1 Å². The molecule has 0 aliphatic heterocycles. The van der Waals surface area contributed by atoms with Crippen LogP contribution in [0.3, 0.4) is 0 Å². The molecule has 0 radical (unpaired) electrons. The van der Waals surface area contributed by atoms with Crippen molar-refractivity contribution in [2.24, 2.45) is 0 Å². The lowest BCUT2D eigenvalue weighted by atomic mass is 10.1. The van der Waals surface area contributed by atoms with Crippen LogP contribution in [0.1, 0.15) is 17.3 Å². The molecule has 0 aliphatic carbocycles. The minimum absolute atomic E-state index is 0.0165. The molecule has 0 unspecified atom stereocenters. The predicted octanol–water partition coefficient (Wildman–Crippen LogP) is 3.84. The molecule has 0 saturated carbocycles. The zero-order chi connectivity index (χ0) is 12.3. The van der Waals surface area contributed by atoms with Crippen LogP contribution in [0, 0.1) is 0 Å². The SMILES string of the molecule is CC(=O)c1cccc(Oc2cncc(Br)c2)c1. The molecule has 0 saturated heterocycles. The second-order valence-electron chi connectivity index (χ2n) is 3.52. The molecule has 3 nitrogen and oxygen atoms in total. The summed E-state index contributed by atoms with van der Waals surface area (Å²) in [5, 5.41) is 0. The highest BCUT2D eigenvalue weighted by atomic mass is 79.9. The number of carbonyl (C=O) groups is 1. The van der Waals surface area contributed by atoms with Crippen molar-refractivity contribution in [3.63, 3.8) is 0 Å². The van der Waals surface area contributed by atoms with E-state index in [4.69, 9.17) is 4.74 Å². The molecule has 86 valence electrons. The van der Waals surface area contributed by atoms with Gasteiger partial charge in [0.2, 0.25) is 0 Å². The van der Waals surface area contributed by atoms with Crippen LogP contribution in [-0.4, -0.2) is 10.8 Å². The zero-order valence-corrected chi connectivity index (χ0v) is 10.8. The number of hydrogen-bond acceptors (Lipinski definition) is 3. The van der Waals surface area contributed by atoms with Gasteiger partial charge in [-0.15, -0.1) is 0 Å². The van der Waals surface area contributed by atoms with Crippen LogP contribution in [0.25, 0.3) is 0 Å². The number of pyridine rings is 1. The van der Waals surface area contributed by atoms with E-state index in [0.717, 1.165) is 4.47 Å². The largest absolute Gasteiger partial charge is 0.456 e. The lowest BCUT2D eigenvalue weighted by Crippen LogP contribution is -1.92. The van der Waals surface area contributed by atoms with Crippen molar-refractivity contribution >= 4 is 21.7 Å². The smallest absolute Gasteiger partial charge is 0.159 e. The van der Waals surface area contributed by atoms with Crippen molar-refractivity contribution in [2.75, 3.05) is 0 Å². The molecule has 0 bridgehead atoms. The van der Waals surface area contributed by atoms with Gasteiger partial charge in [-0.1, -0.05) is 12.1 Å². The van der Waals surface area contributed by atoms with Gasteiger partial charge in [0.15, 0.2) is 5.78 Å². The predicted molar refractivity (Wildman–Crippen MR) is 68.5 cm³/mol. The van der Waals surface area contributed by atoms with Crippen LogP contribution in [0.5, 0.6) is 11.5 Å². The van der Waals surface area contributed by atoms with Crippen molar-refractivity contribution in [1.29, 1.82) is 0 Å². The van der Waals surface area contributed by atoms with Gasteiger partial charge in [-0.2, -0.15) is 0 Å². The fourth-order valence-electron chi connectivity index (χ4n) is 1.36. The van der Waals surface area contributed by atoms with Crippen LogP contribution < -0.4 is 4.74 Å². The van der Waals surface area contributed by atoms with Crippen molar-refractivity contribution in [1.82, 2.24) is 4.98 Å². The van der Waals surface area contributed by atoms with E-state index in [-0.39, 0.29) is 5.78 Å². The summed E-state index contributed by atoms with van der Waals surface area (Å²) in [6, 6.07) is 8.87. The second kappa shape index (κ2) is 5.10. The Bertz CT molecular complexity index is 555. The third kappa shape index (κ3) is 3.14. The Morgan fingerprint density at radius 2 is 2.06 bits per heavy atom. The van der Waals surface area contributed by atoms with Gasteiger partial charge in [-0.25, -0.2) is 0 Å². The monoisotopic (exact) mass is 291 g/mol. The number of aromatic nitrogens is 1. The number of rotatable bonds is 3. The highest BCUT2D eigenvalue weighted by molar-refractivity contribution is 9.10. The molecule has 1 aromatic heterocycles. The van der Waals surface area contributed by atoms with E-state index in [1.165, 1.54) is 6.92 Å². The van der Waals surface area contributed by atoms with Crippen LogP contribution >= 0.6 is 15.9 Å². The minimum Gasteiger partial charge on any atom is -0.456 e. The van der Waals surface area contributed by atoms with E-state index in [1.807, 2.05) is 6.07 Å². The van der Waals surface area contributed by atoms with Crippen LogP contribution in [0.15, 0.2) is 47.2 Å². The van der Waals surface area contributed by atoms with Gasteiger partial charge < -0.3 is 4.74 Å². The first-order valence-corrected chi connectivity index (χ1v) is 5.84. The summed E-state index contributed by atoms with van der Waals surface area (Å²) in [6.45, 7) is 1.53. The summed E-state index contributed by atoms with van der Waals surface area (Å²) in [7, 11) is 0. The van der Waals surface area contributed by atoms with Gasteiger partial charge in [-0.05, 0) is 41.1 Å². The van der Waals surface area contributed by atoms with Crippen LogP contribution in [0.4, 0.5) is 0 Å². The number of ketones is 1. The third-order valence-corrected chi connectivity index (χ3v) is 2.59.